The molecule has 0 saturated heterocycles. The van der Waals surface area contributed by atoms with Crippen LogP contribution < -0.4 is 0 Å². The van der Waals surface area contributed by atoms with Crippen LogP contribution in [0.15, 0.2) is 497 Å². The Kier molecular flexibility index (Phi) is 22.7. The van der Waals surface area contributed by atoms with Gasteiger partial charge in [0.1, 0.15) is 0 Å². The molecule has 0 unspecified atom stereocenters. The minimum atomic E-state index is 0.729. The fourth-order valence-corrected chi connectivity index (χ4v) is 21.5. The predicted molar refractivity (Wildman–Crippen MR) is 572 cm³/mol. The Morgan fingerprint density at radius 3 is 0.541 bits per heavy atom. The van der Waals surface area contributed by atoms with Crippen molar-refractivity contribution in [3.63, 3.8) is 0 Å². The summed E-state index contributed by atoms with van der Waals surface area (Å²) in [5.74, 6) is 2.20. The summed E-state index contributed by atoms with van der Waals surface area (Å²) in [5, 5.41) is 3.49. The highest BCUT2D eigenvalue weighted by Crippen LogP contribution is 2.46. The first-order valence-corrected chi connectivity index (χ1v) is 47.8. The number of aromatic nitrogens is 6. The number of thiophene rings is 3. The normalized spacial score (nSPS) is 11.3. The summed E-state index contributed by atoms with van der Waals surface area (Å²) < 4.78 is 6.99. The zero-order chi connectivity index (χ0) is 89.8. The number of benzene rings is 19. The minimum absolute atomic E-state index is 0.729. The summed E-state index contributed by atoms with van der Waals surface area (Å²) >= 11 is 5.29. The molecular formula is C126H82N6S3. The molecule has 0 fully saturated rings. The summed E-state index contributed by atoms with van der Waals surface area (Å²) in [7, 11) is 0. The fraction of sp³-hybridized carbons (Fsp3) is 0. The largest absolute Gasteiger partial charge is 0.226 e. The molecule has 0 atom stereocenters. The first-order valence-electron chi connectivity index (χ1n) is 45.3. The van der Waals surface area contributed by atoms with Crippen molar-refractivity contribution in [1.29, 1.82) is 0 Å². The van der Waals surface area contributed by atoms with Crippen molar-refractivity contribution in [2.75, 3.05) is 0 Å². The monoisotopic (exact) mass is 1770 g/mol. The molecular weight excluding hydrogens is 1690 g/mol. The SMILES string of the molecule is c1ccc(-c2ccc(-c3cccc(-c4nc(-c5cccc(-c6ccccc6)c5)c5sc6ccccc6c5n4)c3)cc2)cc1.c1ccc(-c2cccc(-c3ccc(-c4nc(-c5cccc(-c6cccc(-c7ccccc7)c6)c5)c5sc6ccccc6c5n4)cc3)c2)cc1.c1ccc(-c2cccc(-c3ccc(-c4nc(-c5cccc(-c6ccccc6)c5)c5sc6ccccc6c5n4)cc3)c2)cc1. The van der Waals surface area contributed by atoms with Crippen LogP contribution in [-0.4, -0.2) is 29.9 Å². The number of nitrogens with zero attached hydrogens (tertiary/aromatic N) is 6. The lowest BCUT2D eigenvalue weighted by Gasteiger charge is -2.11. The molecule has 0 saturated carbocycles. The molecule has 19 aromatic carbocycles. The molecule has 9 heteroatoms. The fourth-order valence-electron chi connectivity index (χ4n) is 18.0. The lowest BCUT2D eigenvalue weighted by Crippen LogP contribution is -1.94. The van der Waals surface area contributed by atoms with E-state index >= 15 is 0 Å². The van der Waals surface area contributed by atoms with Crippen LogP contribution in [0.2, 0.25) is 0 Å². The summed E-state index contributed by atoms with van der Waals surface area (Å²) in [5.41, 5.74) is 35.9. The van der Waals surface area contributed by atoms with E-state index in [9.17, 15) is 0 Å². The van der Waals surface area contributed by atoms with E-state index in [1.165, 1.54) is 119 Å². The molecule has 0 N–H and O–H groups in total. The Morgan fingerprint density at radius 2 is 0.281 bits per heavy atom. The highest BCUT2D eigenvalue weighted by molar-refractivity contribution is 7.27. The van der Waals surface area contributed by atoms with E-state index in [1.54, 1.807) is 34.0 Å². The van der Waals surface area contributed by atoms with Gasteiger partial charge in [0.25, 0.3) is 0 Å². The van der Waals surface area contributed by atoms with Gasteiger partial charge in [-0.2, -0.15) is 0 Å². The minimum Gasteiger partial charge on any atom is -0.226 e. The first kappa shape index (κ1) is 82.5. The van der Waals surface area contributed by atoms with E-state index in [1.807, 2.05) is 6.07 Å². The average Bonchev–Trinajstić information content (AvgIpc) is 1.60. The number of hydrogen-bond donors (Lipinski definition) is 0. The zero-order valence-electron chi connectivity index (χ0n) is 73.3. The molecule has 6 heterocycles. The molecule has 0 radical (unpaired) electrons. The summed E-state index contributed by atoms with van der Waals surface area (Å²) in [6, 6.07) is 176. The van der Waals surface area contributed by atoms with E-state index < -0.39 is 0 Å². The van der Waals surface area contributed by atoms with Crippen LogP contribution in [0.3, 0.4) is 0 Å². The van der Waals surface area contributed by atoms with Gasteiger partial charge in [-0.15, -0.1) is 34.0 Å². The molecule has 6 aromatic heterocycles. The van der Waals surface area contributed by atoms with E-state index in [2.05, 4.69) is 491 Å². The number of fused-ring (bicyclic) bond motifs is 9. The van der Waals surface area contributed by atoms with Gasteiger partial charge < -0.3 is 0 Å². The first-order chi connectivity index (χ1) is 66.9. The van der Waals surface area contributed by atoms with Crippen LogP contribution >= 0.6 is 34.0 Å². The topological polar surface area (TPSA) is 77.3 Å². The van der Waals surface area contributed by atoms with Crippen molar-refractivity contribution in [2.45, 2.75) is 0 Å². The van der Waals surface area contributed by atoms with Gasteiger partial charge in [0.15, 0.2) is 17.5 Å². The lowest BCUT2D eigenvalue weighted by atomic mass is 9.97. The van der Waals surface area contributed by atoms with Gasteiger partial charge in [0, 0.05) is 63.6 Å². The summed E-state index contributed by atoms with van der Waals surface area (Å²) in [4.78, 5) is 31.3. The number of hydrogen-bond acceptors (Lipinski definition) is 9. The van der Waals surface area contributed by atoms with Gasteiger partial charge in [0.2, 0.25) is 0 Å². The highest BCUT2D eigenvalue weighted by atomic mass is 32.1. The van der Waals surface area contributed by atoms with Crippen LogP contribution in [0.25, 0.3) is 240 Å². The summed E-state index contributed by atoms with van der Waals surface area (Å²) in [6.07, 6.45) is 0. The Balaban J connectivity index is 0.000000114. The Bertz CT molecular complexity index is 8620. The second kappa shape index (κ2) is 37.1. The molecule has 0 aliphatic rings. The van der Waals surface area contributed by atoms with Crippen molar-refractivity contribution in [3.05, 3.63) is 497 Å². The molecule has 6 nitrogen and oxygen atoms in total. The van der Waals surface area contributed by atoms with Crippen LogP contribution in [0, 0.1) is 0 Å². The molecule has 0 aliphatic carbocycles. The maximum absolute atomic E-state index is 5.29. The average molecular weight is 1780 g/mol. The van der Waals surface area contributed by atoms with E-state index in [0.717, 1.165) is 121 Å². The van der Waals surface area contributed by atoms with Gasteiger partial charge in [-0.25, -0.2) is 29.9 Å². The van der Waals surface area contributed by atoms with Crippen molar-refractivity contribution in [1.82, 2.24) is 29.9 Å². The quantitative estimate of drug-likeness (QED) is 0.0959. The Labute approximate surface area is 795 Å². The van der Waals surface area contributed by atoms with Crippen LogP contribution in [0.1, 0.15) is 0 Å². The Morgan fingerprint density at radius 1 is 0.119 bits per heavy atom. The standard InChI is InChI=1S/C46H30N2S.2C40H26N2S/c1-3-12-31(13-4-1)35-16-9-18-37(28-35)33-24-26-34(27-25-33)46-47-43(45-44(48-46)41-22-7-8-23-42(41)49-45)40-21-11-20-39(30-40)38-19-10-17-36(29-38)32-14-5-2-6-15-32;1-3-11-27(12-4-1)29-21-23-30(24-22-29)32-16-10-18-34(26-32)40-41-37(39-38(42-40)35-19-7-8-20-36(35)43-39)33-17-9-15-31(25-33)28-13-5-2-6-14-28;1-3-11-27(12-4-1)31-15-9-16-32(25-31)29-21-23-30(24-22-29)40-41-37(39-38(42-40)35-19-7-8-20-36(35)43-39)34-18-10-17-33(26-34)28-13-5-2-6-14-28/h1-30H;2*1-26H. The van der Waals surface area contributed by atoms with E-state index in [4.69, 9.17) is 29.9 Å². The third-order valence-corrected chi connectivity index (χ3v) is 28.4. The Hall–Kier alpha value is -16.9. The number of rotatable bonds is 16. The zero-order valence-corrected chi connectivity index (χ0v) is 75.7. The van der Waals surface area contributed by atoms with Gasteiger partial charge >= 0.3 is 0 Å². The van der Waals surface area contributed by atoms with Crippen molar-refractivity contribution < 1.29 is 0 Å². The van der Waals surface area contributed by atoms with Gasteiger partial charge in [-0.05, 0) is 172 Å². The van der Waals surface area contributed by atoms with E-state index in [0.29, 0.717) is 0 Å². The third kappa shape index (κ3) is 17.2. The van der Waals surface area contributed by atoms with Crippen LogP contribution in [0.5, 0.6) is 0 Å². The van der Waals surface area contributed by atoms with Crippen LogP contribution in [0.4, 0.5) is 0 Å². The molecule has 634 valence electrons. The molecule has 0 aliphatic heterocycles. The maximum atomic E-state index is 5.29. The highest BCUT2D eigenvalue weighted by Gasteiger charge is 2.23. The maximum Gasteiger partial charge on any atom is 0.160 e. The van der Waals surface area contributed by atoms with Gasteiger partial charge in [-0.3, -0.25) is 0 Å². The lowest BCUT2D eigenvalue weighted by molar-refractivity contribution is 1.24. The van der Waals surface area contributed by atoms with Crippen molar-refractivity contribution in [2.24, 2.45) is 0 Å². The molecule has 25 aromatic rings. The van der Waals surface area contributed by atoms with Crippen molar-refractivity contribution >= 4 is 94.9 Å². The molecule has 0 bridgehead atoms. The third-order valence-electron chi connectivity index (χ3n) is 24.9. The molecule has 25 rings (SSSR count). The van der Waals surface area contributed by atoms with Gasteiger partial charge in [0.05, 0.1) is 47.7 Å². The van der Waals surface area contributed by atoms with Gasteiger partial charge in [-0.1, -0.05) is 437 Å². The second-order valence-corrected chi connectivity index (χ2v) is 36.7. The van der Waals surface area contributed by atoms with E-state index in [-0.39, 0.29) is 0 Å². The predicted octanol–water partition coefficient (Wildman–Crippen LogP) is 35.2. The smallest absolute Gasteiger partial charge is 0.160 e. The molecule has 0 amide bonds. The molecule has 0 spiro atoms. The molecule has 135 heavy (non-hydrogen) atoms. The second-order valence-electron chi connectivity index (χ2n) is 33.5. The van der Waals surface area contributed by atoms with Crippen LogP contribution in [-0.2, 0) is 0 Å². The van der Waals surface area contributed by atoms with Crippen molar-refractivity contribution in [3.8, 4) is 179 Å². The summed E-state index contributed by atoms with van der Waals surface area (Å²) in [6.45, 7) is 0.